The van der Waals surface area contributed by atoms with E-state index in [2.05, 4.69) is 47.9 Å². The second-order valence-electron chi connectivity index (χ2n) is 4.84. The lowest BCUT2D eigenvalue weighted by atomic mass is 10.1. The highest BCUT2D eigenvalue weighted by Crippen LogP contribution is 2.24. The quantitative estimate of drug-likeness (QED) is 0.876. The van der Waals surface area contributed by atoms with Gasteiger partial charge < -0.3 is 4.98 Å². The van der Waals surface area contributed by atoms with E-state index in [4.69, 9.17) is 0 Å². The zero-order valence-electron chi connectivity index (χ0n) is 12.5. The first-order valence-corrected chi connectivity index (χ1v) is 6.73. The van der Waals surface area contributed by atoms with Crippen LogP contribution in [-0.4, -0.2) is 20.2 Å². The van der Waals surface area contributed by atoms with Crippen molar-refractivity contribution in [2.45, 2.75) is 60.3 Å². The maximum Gasteiger partial charge on any atom is 0.154 e. The molecule has 0 aliphatic heterocycles. The van der Waals surface area contributed by atoms with E-state index in [9.17, 15) is 0 Å². The van der Waals surface area contributed by atoms with E-state index >= 15 is 0 Å². The number of hydrogen-bond acceptors (Lipinski definition) is 3. The fourth-order valence-corrected chi connectivity index (χ4v) is 1.76. The lowest BCUT2D eigenvalue weighted by molar-refractivity contribution is 0.748. The van der Waals surface area contributed by atoms with Crippen molar-refractivity contribution < 1.29 is 0 Å². The first-order chi connectivity index (χ1) is 8.50. The van der Waals surface area contributed by atoms with E-state index in [1.165, 1.54) is 0 Å². The van der Waals surface area contributed by atoms with Gasteiger partial charge in [-0.05, 0) is 12.8 Å². The van der Waals surface area contributed by atoms with Crippen LogP contribution in [0.15, 0.2) is 0 Å². The molecule has 4 heteroatoms. The Kier molecular flexibility index (Phi) is 4.82. The Morgan fingerprint density at radius 3 is 2.00 bits per heavy atom. The number of H-pyrrole nitrogens is 1. The number of aryl methyl sites for hydroxylation is 1. The number of aromatic amines is 1. The summed E-state index contributed by atoms with van der Waals surface area (Å²) >= 11 is 0. The van der Waals surface area contributed by atoms with Crippen molar-refractivity contribution >= 4 is 11.0 Å². The Morgan fingerprint density at radius 2 is 1.50 bits per heavy atom. The largest absolute Gasteiger partial charge is 0.359 e. The molecule has 2 aromatic rings. The maximum absolute atomic E-state index is 4.57. The second-order valence-corrected chi connectivity index (χ2v) is 4.84. The molecule has 2 heterocycles. The van der Waals surface area contributed by atoms with E-state index in [0.717, 1.165) is 28.2 Å². The first-order valence-electron chi connectivity index (χ1n) is 6.73. The summed E-state index contributed by atoms with van der Waals surface area (Å²) in [5.74, 6) is 1.54. The summed E-state index contributed by atoms with van der Waals surface area (Å²) in [6, 6.07) is 0. The van der Waals surface area contributed by atoms with Crippen LogP contribution in [0.3, 0.4) is 0 Å². The van der Waals surface area contributed by atoms with Gasteiger partial charge in [0.05, 0.1) is 0 Å². The Balaban J connectivity index is 0.000000771. The van der Waals surface area contributed by atoms with Gasteiger partial charge in [0.15, 0.2) is 5.82 Å². The minimum Gasteiger partial charge on any atom is -0.359 e. The monoisotopic (exact) mass is 248 g/mol. The molecule has 0 aliphatic carbocycles. The van der Waals surface area contributed by atoms with Gasteiger partial charge >= 0.3 is 0 Å². The number of nitrogens with one attached hydrogen (secondary N) is 1. The summed E-state index contributed by atoms with van der Waals surface area (Å²) in [6.45, 7) is 14.5. The normalized spacial score (nSPS) is 10.9. The van der Waals surface area contributed by atoms with Crippen molar-refractivity contribution in [3.05, 3.63) is 17.2 Å². The number of nitrogens with zero attached hydrogens (tertiary/aromatic N) is 3. The Labute approximate surface area is 109 Å². The summed E-state index contributed by atoms with van der Waals surface area (Å²) in [7, 11) is 0. The number of hydrogen-bond donors (Lipinski definition) is 1. The van der Waals surface area contributed by atoms with Crippen LogP contribution in [0.25, 0.3) is 11.0 Å². The van der Waals surface area contributed by atoms with Crippen molar-refractivity contribution in [2.75, 3.05) is 0 Å². The molecule has 0 saturated heterocycles. The van der Waals surface area contributed by atoms with Gasteiger partial charge in [0.1, 0.15) is 11.0 Å². The molecule has 0 fully saturated rings. The second kappa shape index (κ2) is 5.94. The van der Waals surface area contributed by atoms with E-state index in [-0.39, 0.29) is 0 Å². The number of aromatic nitrogens is 4. The van der Waals surface area contributed by atoms with Crippen molar-refractivity contribution in [1.29, 1.82) is 0 Å². The third-order valence-corrected chi connectivity index (χ3v) is 2.73. The van der Waals surface area contributed by atoms with Crippen LogP contribution in [0.4, 0.5) is 0 Å². The molecule has 0 saturated carbocycles. The molecule has 0 atom stereocenters. The average Bonchev–Trinajstić information content (AvgIpc) is 2.69. The summed E-state index contributed by atoms with van der Waals surface area (Å²) in [4.78, 5) is 7.93. The molecule has 0 amide bonds. The van der Waals surface area contributed by atoms with Gasteiger partial charge in [-0.2, -0.15) is 0 Å². The lowest BCUT2D eigenvalue weighted by Gasteiger charge is -2.03. The molecule has 0 radical (unpaired) electrons. The van der Waals surface area contributed by atoms with E-state index in [1.54, 1.807) is 0 Å². The lowest BCUT2D eigenvalue weighted by Crippen LogP contribution is -2.00. The van der Waals surface area contributed by atoms with Gasteiger partial charge in [0.2, 0.25) is 0 Å². The van der Waals surface area contributed by atoms with Crippen LogP contribution < -0.4 is 0 Å². The summed E-state index contributed by atoms with van der Waals surface area (Å²) in [5.41, 5.74) is 4.08. The molecule has 0 aromatic carbocycles. The van der Waals surface area contributed by atoms with Crippen LogP contribution in [0.5, 0.6) is 0 Å². The standard InChI is InChI=1S/C12H18N4.C2H6/c1-6(2)9-11-10(8(5)13-9)14-12(7(3)4)16-15-11;1-2/h6-7,13H,1-5H3;1-2H3. The minimum absolute atomic E-state index is 0.314. The summed E-state index contributed by atoms with van der Waals surface area (Å²) in [5, 5.41) is 8.48. The molecular formula is C14H24N4. The Hall–Kier alpha value is -1.45. The third-order valence-electron chi connectivity index (χ3n) is 2.73. The Morgan fingerprint density at radius 1 is 0.889 bits per heavy atom. The zero-order valence-corrected chi connectivity index (χ0v) is 12.5. The summed E-state index contributed by atoms with van der Waals surface area (Å²) in [6.07, 6.45) is 0. The van der Waals surface area contributed by atoms with Gasteiger partial charge in [-0.25, -0.2) is 4.98 Å². The van der Waals surface area contributed by atoms with Crippen LogP contribution in [-0.2, 0) is 0 Å². The predicted molar refractivity (Wildman–Crippen MR) is 75.9 cm³/mol. The van der Waals surface area contributed by atoms with Crippen LogP contribution in [0.1, 0.15) is 70.6 Å². The SMILES string of the molecule is CC.Cc1[nH]c(C(C)C)c2nnc(C(C)C)nc12. The minimum atomic E-state index is 0.314. The molecule has 100 valence electrons. The number of fused-ring (bicyclic) bond motifs is 1. The Bertz CT molecular complexity index is 512. The van der Waals surface area contributed by atoms with Crippen molar-refractivity contribution in [2.24, 2.45) is 0 Å². The number of rotatable bonds is 2. The molecule has 2 aromatic heterocycles. The first kappa shape index (κ1) is 14.6. The highest BCUT2D eigenvalue weighted by molar-refractivity contribution is 5.80. The van der Waals surface area contributed by atoms with Crippen LogP contribution in [0, 0.1) is 6.92 Å². The van der Waals surface area contributed by atoms with Gasteiger partial charge in [-0.15, -0.1) is 10.2 Å². The summed E-state index contributed by atoms with van der Waals surface area (Å²) < 4.78 is 0. The van der Waals surface area contributed by atoms with Crippen LogP contribution in [0.2, 0.25) is 0 Å². The highest BCUT2D eigenvalue weighted by Gasteiger charge is 2.15. The maximum atomic E-state index is 4.57. The molecule has 0 unspecified atom stereocenters. The molecular weight excluding hydrogens is 224 g/mol. The fraction of sp³-hybridized carbons (Fsp3) is 0.643. The van der Waals surface area contributed by atoms with Gasteiger partial charge in [-0.3, -0.25) is 0 Å². The van der Waals surface area contributed by atoms with Crippen molar-refractivity contribution in [3.8, 4) is 0 Å². The topological polar surface area (TPSA) is 54.5 Å². The van der Waals surface area contributed by atoms with Crippen molar-refractivity contribution in [1.82, 2.24) is 20.2 Å². The zero-order chi connectivity index (χ0) is 13.9. The molecule has 0 spiro atoms. The van der Waals surface area contributed by atoms with Gasteiger partial charge in [0, 0.05) is 17.3 Å². The van der Waals surface area contributed by atoms with Gasteiger partial charge in [0.25, 0.3) is 0 Å². The fourth-order valence-electron chi connectivity index (χ4n) is 1.76. The molecule has 0 aliphatic rings. The third kappa shape index (κ3) is 2.68. The van der Waals surface area contributed by atoms with Crippen LogP contribution >= 0.6 is 0 Å². The molecule has 2 rings (SSSR count). The smallest absolute Gasteiger partial charge is 0.154 e. The molecule has 4 nitrogen and oxygen atoms in total. The van der Waals surface area contributed by atoms with Gasteiger partial charge in [-0.1, -0.05) is 41.5 Å². The molecule has 0 bridgehead atoms. The van der Waals surface area contributed by atoms with E-state index < -0.39 is 0 Å². The van der Waals surface area contributed by atoms with E-state index in [0.29, 0.717) is 11.8 Å². The average molecular weight is 248 g/mol. The predicted octanol–water partition coefficient (Wildman–Crippen LogP) is 3.93. The molecule has 1 N–H and O–H groups in total. The van der Waals surface area contributed by atoms with Crippen molar-refractivity contribution in [3.63, 3.8) is 0 Å². The molecule has 18 heavy (non-hydrogen) atoms. The highest BCUT2D eigenvalue weighted by atomic mass is 15.2. The van der Waals surface area contributed by atoms with E-state index in [1.807, 2.05) is 20.8 Å².